The first-order valence-corrected chi connectivity index (χ1v) is 9.99. The molecule has 4 rings (SSSR count). The molecule has 1 amide bonds. The number of carbonyl (C=O) groups excluding carboxylic acids is 1. The van der Waals surface area contributed by atoms with E-state index in [4.69, 9.17) is 0 Å². The lowest BCUT2D eigenvalue weighted by Gasteiger charge is -2.36. The predicted molar refractivity (Wildman–Crippen MR) is 99.5 cm³/mol. The monoisotopic (exact) mass is 355 g/mol. The van der Waals surface area contributed by atoms with Crippen molar-refractivity contribution < 1.29 is 4.79 Å². The van der Waals surface area contributed by atoms with Gasteiger partial charge in [0.1, 0.15) is 0 Å². The van der Waals surface area contributed by atoms with Crippen LogP contribution >= 0.6 is 12.4 Å². The maximum atomic E-state index is 12.7. The summed E-state index contributed by atoms with van der Waals surface area (Å²) >= 11 is 0. The lowest BCUT2D eigenvalue weighted by molar-refractivity contribution is -0.134. The highest BCUT2D eigenvalue weighted by molar-refractivity contribution is 5.85. The van der Waals surface area contributed by atoms with Crippen molar-refractivity contribution in [2.24, 2.45) is 17.3 Å². The zero-order chi connectivity index (χ0) is 15.7. The Hall–Kier alpha value is -0.320. The van der Waals surface area contributed by atoms with Gasteiger partial charge in [-0.3, -0.25) is 4.79 Å². The first-order chi connectivity index (χ1) is 11.3. The second-order valence-electron chi connectivity index (χ2n) is 8.52. The van der Waals surface area contributed by atoms with Crippen LogP contribution < -0.4 is 5.32 Å². The van der Waals surface area contributed by atoms with E-state index < -0.39 is 0 Å². The Morgan fingerprint density at radius 2 is 1.79 bits per heavy atom. The number of piperidine rings is 3. The van der Waals surface area contributed by atoms with Gasteiger partial charge in [0.25, 0.3) is 0 Å². The molecule has 3 heterocycles. The van der Waals surface area contributed by atoms with Crippen LogP contribution in [0.5, 0.6) is 0 Å². The fourth-order valence-electron chi connectivity index (χ4n) is 5.21. The summed E-state index contributed by atoms with van der Waals surface area (Å²) in [7, 11) is 0. The van der Waals surface area contributed by atoms with Crippen LogP contribution in [0.15, 0.2) is 0 Å². The maximum absolute atomic E-state index is 12.7. The van der Waals surface area contributed by atoms with E-state index in [0.717, 1.165) is 19.0 Å². The Morgan fingerprint density at radius 3 is 2.46 bits per heavy atom. The van der Waals surface area contributed by atoms with Crippen molar-refractivity contribution >= 4 is 18.3 Å². The van der Waals surface area contributed by atoms with Crippen LogP contribution in [0.4, 0.5) is 0 Å². The van der Waals surface area contributed by atoms with Crippen molar-refractivity contribution in [1.82, 2.24) is 15.1 Å². The van der Waals surface area contributed by atoms with Gasteiger partial charge in [0.2, 0.25) is 5.91 Å². The number of halogens is 1. The van der Waals surface area contributed by atoms with Gasteiger partial charge in [-0.25, -0.2) is 0 Å². The van der Waals surface area contributed by atoms with Gasteiger partial charge in [-0.1, -0.05) is 0 Å². The van der Waals surface area contributed by atoms with E-state index in [0.29, 0.717) is 17.2 Å². The third-order valence-corrected chi connectivity index (χ3v) is 6.92. The third kappa shape index (κ3) is 3.91. The van der Waals surface area contributed by atoms with Crippen LogP contribution in [-0.4, -0.2) is 61.5 Å². The molecule has 1 aliphatic carbocycles. The highest BCUT2D eigenvalue weighted by Gasteiger charge is 2.59. The summed E-state index contributed by atoms with van der Waals surface area (Å²) in [6.07, 6.45) is 10.2. The lowest BCUT2D eigenvalue weighted by Crippen LogP contribution is -2.43. The van der Waals surface area contributed by atoms with E-state index in [-0.39, 0.29) is 12.4 Å². The molecule has 4 aliphatic rings. The van der Waals surface area contributed by atoms with E-state index in [1.807, 2.05) is 0 Å². The van der Waals surface area contributed by atoms with E-state index in [2.05, 4.69) is 15.1 Å². The summed E-state index contributed by atoms with van der Waals surface area (Å²) < 4.78 is 0. The number of nitrogens with one attached hydrogen (secondary N) is 1. The molecule has 3 aliphatic heterocycles. The second kappa shape index (κ2) is 7.92. The first kappa shape index (κ1) is 18.5. The first-order valence-electron chi connectivity index (χ1n) is 9.99. The Labute approximate surface area is 153 Å². The van der Waals surface area contributed by atoms with Crippen LogP contribution in [0.3, 0.4) is 0 Å². The zero-order valence-corrected chi connectivity index (χ0v) is 15.8. The number of likely N-dealkylation sites (tertiary alicyclic amines) is 2. The highest BCUT2D eigenvalue weighted by atomic mass is 35.5. The third-order valence-electron chi connectivity index (χ3n) is 6.92. The van der Waals surface area contributed by atoms with Gasteiger partial charge in [0.05, 0.1) is 0 Å². The van der Waals surface area contributed by atoms with Crippen molar-refractivity contribution in [2.75, 3.05) is 45.8 Å². The van der Waals surface area contributed by atoms with Crippen LogP contribution in [0.1, 0.15) is 51.4 Å². The largest absolute Gasteiger partial charge is 0.342 e. The molecule has 4 nitrogen and oxygen atoms in total. The van der Waals surface area contributed by atoms with E-state index >= 15 is 0 Å². The van der Waals surface area contributed by atoms with Crippen LogP contribution in [0, 0.1) is 17.3 Å². The molecular formula is C19H34ClN3O. The molecule has 24 heavy (non-hydrogen) atoms. The normalized spacial score (nSPS) is 33.1. The summed E-state index contributed by atoms with van der Waals surface area (Å²) in [6, 6.07) is 0. The van der Waals surface area contributed by atoms with E-state index in [1.165, 1.54) is 84.1 Å². The Kier molecular flexibility index (Phi) is 6.10. The molecule has 4 fully saturated rings. The second-order valence-corrected chi connectivity index (χ2v) is 8.52. The Bertz CT molecular complexity index is 424. The van der Waals surface area contributed by atoms with Crippen molar-refractivity contribution in [3.05, 3.63) is 0 Å². The number of hydrogen-bond donors (Lipinski definition) is 1. The predicted octanol–water partition coefficient (Wildman–Crippen LogP) is 2.52. The zero-order valence-electron chi connectivity index (χ0n) is 15.0. The quantitative estimate of drug-likeness (QED) is 0.845. The number of rotatable bonds is 3. The van der Waals surface area contributed by atoms with Crippen molar-refractivity contribution in [3.8, 4) is 0 Å². The fraction of sp³-hybridized carbons (Fsp3) is 0.947. The number of hydrogen-bond acceptors (Lipinski definition) is 3. The molecule has 0 aromatic carbocycles. The molecule has 0 bridgehead atoms. The van der Waals surface area contributed by atoms with Gasteiger partial charge >= 0.3 is 0 Å². The molecule has 2 atom stereocenters. The summed E-state index contributed by atoms with van der Waals surface area (Å²) in [4.78, 5) is 17.6. The minimum Gasteiger partial charge on any atom is -0.342 e. The number of nitrogens with zero attached hydrogens (tertiary/aromatic N) is 2. The van der Waals surface area contributed by atoms with Crippen molar-refractivity contribution in [2.45, 2.75) is 51.4 Å². The minimum atomic E-state index is 0. The minimum absolute atomic E-state index is 0. The fourth-order valence-corrected chi connectivity index (χ4v) is 5.21. The van der Waals surface area contributed by atoms with Crippen molar-refractivity contribution in [1.29, 1.82) is 0 Å². The molecule has 1 saturated carbocycles. The summed E-state index contributed by atoms with van der Waals surface area (Å²) in [5, 5.41) is 3.53. The molecule has 1 spiro atoms. The molecule has 0 radical (unpaired) electrons. The smallest absolute Gasteiger partial charge is 0.226 e. The molecule has 1 N–H and O–H groups in total. The summed E-state index contributed by atoms with van der Waals surface area (Å²) in [5.74, 6) is 1.72. The molecule has 0 aromatic heterocycles. The van der Waals surface area contributed by atoms with E-state index in [9.17, 15) is 4.79 Å². The van der Waals surface area contributed by atoms with Crippen molar-refractivity contribution in [3.63, 3.8) is 0 Å². The molecule has 3 saturated heterocycles. The molecule has 5 heteroatoms. The molecule has 0 aromatic rings. The topological polar surface area (TPSA) is 35.6 Å². The Balaban J connectivity index is 0.00000169. The average molecular weight is 356 g/mol. The number of carbonyl (C=O) groups is 1. The van der Waals surface area contributed by atoms with Gasteiger partial charge in [-0.05, 0) is 88.9 Å². The molecular weight excluding hydrogens is 322 g/mol. The molecule has 138 valence electrons. The van der Waals surface area contributed by atoms with Gasteiger partial charge < -0.3 is 15.1 Å². The van der Waals surface area contributed by atoms with Gasteiger partial charge in [-0.2, -0.15) is 0 Å². The van der Waals surface area contributed by atoms with Crippen LogP contribution in [-0.2, 0) is 4.79 Å². The number of amides is 1. The lowest BCUT2D eigenvalue weighted by atomic mass is 9.89. The molecule has 2 unspecified atom stereocenters. The SMILES string of the molecule is Cl.O=C(C1CC12CCN(CC1CCCNC1)CC2)N1CCCCC1. The summed E-state index contributed by atoms with van der Waals surface area (Å²) in [6.45, 7) is 8.17. The average Bonchev–Trinajstić information content (AvgIpc) is 3.32. The Morgan fingerprint density at radius 1 is 1.04 bits per heavy atom. The summed E-state index contributed by atoms with van der Waals surface area (Å²) in [5.41, 5.74) is 0.399. The standard InChI is InChI=1S/C19H33N3O.ClH/c23-18(22-9-2-1-3-10-22)17-13-19(17)6-11-21(12-7-19)15-16-5-4-8-20-14-16;/h16-17,20H,1-15H2;1H. The van der Waals surface area contributed by atoms with Gasteiger partial charge in [0.15, 0.2) is 0 Å². The van der Waals surface area contributed by atoms with Gasteiger partial charge in [0, 0.05) is 25.6 Å². The highest BCUT2D eigenvalue weighted by Crippen LogP contribution is 2.60. The van der Waals surface area contributed by atoms with Crippen LogP contribution in [0.25, 0.3) is 0 Å². The van der Waals surface area contributed by atoms with Crippen LogP contribution in [0.2, 0.25) is 0 Å². The van der Waals surface area contributed by atoms with E-state index in [1.54, 1.807) is 0 Å². The maximum Gasteiger partial charge on any atom is 0.226 e. The van der Waals surface area contributed by atoms with Gasteiger partial charge in [-0.15, -0.1) is 12.4 Å².